The summed E-state index contributed by atoms with van der Waals surface area (Å²) in [6.45, 7) is 0. The van der Waals surface area contributed by atoms with Gasteiger partial charge in [-0.2, -0.15) is 15.7 Å². The van der Waals surface area contributed by atoms with Crippen LogP contribution in [-0.2, 0) is 0 Å². The molecule has 0 saturated carbocycles. The number of hydrogen-bond donors (Lipinski definition) is 2. The number of nitrogens with one attached hydrogen (secondary N) is 1. The lowest BCUT2D eigenvalue weighted by Gasteiger charge is -1.78. The second-order valence-electron chi connectivity index (χ2n) is 1.04. The predicted octanol–water partition coefficient (Wildman–Crippen LogP) is 0.279. The maximum absolute atomic E-state index is 3.61. The molecule has 1 aliphatic rings. The Morgan fingerprint density at radius 3 is 2.00 bits per heavy atom. The van der Waals surface area contributed by atoms with Crippen molar-refractivity contribution in [1.82, 2.24) is 11.7 Å². The third-order valence-corrected chi connectivity index (χ3v) is 0.548. The number of hydrazone groups is 2. The van der Waals surface area contributed by atoms with Crippen molar-refractivity contribution in [2.75, 3.05) is 0 Å². The minimum atomic E-state index is 0. The molecule has 0 aromatic rings. The molecule has 1 rings (SSSR count). The minimum Gasteiger partial charge on any atom is -0.344 e. The highest BCUT2D eigenvalue weighted by Gasteiger charge is 1.68. The Hall–Kier alpha value is -1.16. The molecule has 0 fully saturated rings. The molecule has 4 nitrogen and oxygen atoms in total. The Labute approximate surface area is 47.6 Å². The number of rotatable bonds is 0. The van der Waals surface area contributed by atoms with Gasteiger partial charge in [-0.3, -0.25) is 0 Å². The summed E-state index contributed by atoms with van der Waals surface area (Å²) in [4.78, 5) is 0. The van der Waals surface area contributed by atoms with Crippen LogP contribution in [-0.4, -0.2) is 12.4 Å². The molecule has 0 saturated heterocycles. The fourth-order valence-electron chi connectivity index (χ4n) is 0.285. The number of nitrogens with zero attached hydrogens (tertiary/aromatic N) is 2. The molecule has 0 atom stereocenters. The normalized spacial score (nSPS) is 14.0. The van der Waals surface area contributed by atoms with E-state index in [9.17, 15) is 0 Å². The van der Waals surface area contributed by atoms with E-state index in [2.05, 4.69) is 15.7 Å². The Bertz CT molecular complexity index is 110. The molecule has 0 aromatic heterocycles. The van der Waals surface area contributed by atoms with Gasteiger partial charge in [-0.15, -0.1) is 0 Å². The van der Waals surface area contributed by atoms with Crippen molar-refractivity contribution in [3.05, 3.63) is 12.2 Å². The van der Waals surface area contributed by atoms with Crippen molar-refractivity contribution in [1.29, 1.82) is 0 Å². The van der Waals surface area contributed by atoms with E-state index in [1.165, 1.54) is 0 Å². The molecule has 0 amide bonds. The second kappa shape index (κ2) is 4.01. The summed E-state index contributed by atoms with van der Waals surface area (Å²) in [7, 11) is 0. The fourth-order valence-corrected chi connectivity index (χ4v) is 0.285. The van der Waals surface area contributed by atoms with Crippen molar-refractivity contribution in [2.24, 2.45) is 10.2 Å². The van der Waals surface area contributed by atoms with Crippen LogP contribution in [0, 0.1) is 0 Å². The van der Waals surface area contributed by atoms with Gasteiger partial charge in [-0.1, -0.05) is 0 Å². The van der Waals surface area contributed by atoms with Gasteiger partial charge in [-0.25, -0.2) is 0 Å². The van der Waals surface area contributed by atoms with Crippen LogP contribution in [0.2, 0.25) is 0 Å². The molecule has 0 aliphatic carbocycles. The SMILES string of the molecule is C1=CC=NNN=C1.N. The van der Waals surface area contributed by atoms with Crippen molar-refractivity contribution < 1.29 is 0 Å². The highest BCUT2D eigenvalue weighted by Crippen LogP contribution is 1.69. The molecule has 0 unspecified atom stereocenters. The zero-order chi connectivity index (χ0) is 4.95. The first-order chi connectivity index (χ1) is 3.50. The molecular formula is C4H8N4. The van der Waals surface area contributed by atoms with E-state index in [1.807, 2.05) is 0 Å². The topological polar surface area (TPSA) is 71.8 Å². The van der Waals surface area contributed by atoms with E-state index in [1.54, 1.807) is 24.6 Å². The summed E-state index contributed by atoms with van der Waals surface area (Å²) in [5, 5.41) is 7.22. The maximum atomic E-state index is 3.61. The minimum absolute atomic E-state index is 0. The first-order valence-electron chi connectivity index (χ1n) is 1.96. The van der Waals surface area contributed by atoms with E-state index in [-0.39, 0.29) is 6.15 Å². The van der Waals surface area contributed by atoms with Crippen LogP contribution in [0.3, 0.4) is 0 Å². The first-order valence-corrected chi connectivity index (χ1v) is 1.96. The van der Waals surface area contributed by atoms with E-state index in [4.69, 9.17) is 0 Å². The van der Waals surface area contributed by atoms with Crippen molar-refractivity contribution >= 4 is 12.4 Å². The highest BCUT2D eigenvalue weighted by atomic mass is 15.5. The van der Waals surface area contributed by atoms with Gasteiger partial charge in [0.2, 0.25) is 0 Å². The molecule has 1 heterocycles. The molecule has 4 heteroatoms. The molecule has 0 spiro atoms. The third-order valence-electron chi connectivity index (χ3n) is 0.548. The fraction of sp³-hybridized carbons (Fsp3) is 0. The van der Waals surface area contributed by atoms with Gasteiger partial charge in [-0.05, 0) is 12.2 Å². The first kappa shape index (κ1) is 6.84. The zero-order valence-electron chi connectivity index (χ0n) is 4.41. The molecule has 1 aliphatic heterocycles. The molecule has 44 valence electrons. The van der Waals surface area contributed by atoms with Gasteiger partial charge in [0, 0.05) is 12.4 Å². The summed E-state index contributed by atoms with van der Waals surface area (Å²) < 4.78 is 0. The lowest BCUT2D eigenvalue weighted by atomic mass is 10.5. The van der Waals surface area contributed by atoms with Crippen LogP contribution in [0.25, 0.3) is 0 Å². The van der Waals surface area contributed by atoms with Gasteiger partial charge in [0.05, 0.1) is 0 Å². The van der Waals surface area contributed by atoms with Gasteiger partial charge < -0.3 is 6.15 Å². The smallest absolute Gasteiger partial charge is 0.0489 e. The van der Waals surface area contributed by atoms with Crippen molar-refractivity contribution in [2.45, 2.75) is 0 Å². The van der Waals surface area contributed by atoms with Gasteiger partial charge >= 0.3 is 0 Å². The van der Waals surface area contributed by atoms with Gasteiger partial charge in [0.1, 0.15) is 0 Å². The van der Waals surface area contributed by atoms with E-state index < -0.39 is 0 Å². The van der Waals surface area contributed by atoms with Crippen LogP contribution < -0.4 is 11.7 Å². The van der Waals surface area contributed by atoms with Crippen LogP contribution in [0.15, 0.2) is 22.4 Å². The van der Waals surface area contributed by atoms with Crippen LogP contribution in [0.5, 0.6) is 0 Å². The average molecular weight is 112 g/mol. The standard InChI is InChI=1S/C4H5N3.H3N/c1-2-4-6-7-5-3-1;/h1-4,7H;1H3. The Kier molecular flexibility index (Phi) is 3.43. The summed E-state index contributed by atoms with van der Waals surface area (Å²) in [6.07, 6.45) is 6.85. The molecule has 0 bridgehead atoms. The maximum Gasteiger partial charge on any atom is 0.0489 e. The average Bonchev–Trinajstić information content (AvgIpc) is 1.90. The largest absolute Gasteiger partial charge is 0.344 e. The Morgan fingerprint density at radius 1 is 1.00 bits per heavy atom. The molecule has 8 heavy (non-hydrogen) atoms. The number of hydrogen-bond acceptors (Lipinski definition) is 4. The quantitative estimate of drug-likeness (QED) is 0.472. The molecule has 0 radical (unpaired) electrons. The zero-order valence-corrected chi connectivity index (χ0v) is 4.41. The number of allylic oxidation sites excluding steroid dienone is 2. The lowest BCUT2D eigenvalue weighted by molar-refractivity contribution is 0.821. The van der Waals surface area contributed by atoms with E-state index in [0.717, 1.165) is 0 Å². The summed E-state index contributed by atoms with van der Waals surface area (Å²) in [6, 6.07) is 0. The second-order valence-corrected chi connectivity index (χ2v) is 1.04. The lowest BCUT2D eigenvalue weighted by Crippen LogP contribution is -1.90. The highest BCUT2D eigenvalue weighted by molar-refractivity contribution is 5.81. The summed E-state index contributed by atoms with van der Waals surface area (Å²) >= 11 is 0. The van der Waals surface area contributed by atoms with E-state index >= 15 is 0 Å². The van der Waals surface area contributed by atoms with Crippen LogP contribution >= 0.6 is 0 Å². The Balaban J connectivity index is 0.000000490. The summed E-state index contributed by atoms with van der Waals surface area (Å²) in [5.74, 6) is 0. The predicted molar refractivity (Wildman–Crippen MR) is 34.3 cm³/mol. The van der Waals surface area contributed by atoms with Crippen molar-refractivity contribution in [3.8, 4) is 0 Å². The summed E-state index contributed by atoms with van der Waals surface area (Å²) in [5.41, 5.74) is 2.42. The molecular weight excluding hydrogens is 104 g/mol. The van der Waals surface area contributed by atoms with Gasteiger partial charge in [0.15, 0.2) is 0 Å². The molecule has 4 N–H and O–H groups in total. The third kappa shape index (κ3) is 2.09. The van der Waals surface area contributed by atoms with Crippen LogP contribution in [0.4, 0.5) is 0 Å². The molecule has 0 aromatic carbocycles. The van der Waals surface area contributed by atoms with Crippen LogP contribution in [0.1, 0.15) is 0 Å². The van der Waals surface area contributed by atoms with E-state index in [0.29, 0.717) is 0 Å². The monoisotopic (exact) mass is 112 g/mol. The van der Waals surface area contributed by atoms with Gasteiger partial charge in [0.25, 0.3) is 0 Å². The van der Waals surface area contributed by atoms with Crippen molar-refractivity contribution in [3.63, 3.8) is 0 Å². The Morgan fingerprint density at radius 2 is 1.50 bits per heavy atom.